The van der Waals surface area contributed by atoms with Gasteiger partial charge in [0.2, 0.25) is 5.91 Å². The summed E-state index contributed by atoms with van der Waals surface area (Å²) >= 11 is 1.69. The molecule has 0 unspecified atom stereocenters. The molecule has 2 fully saturated rings. The van der Waals surface area contributed by atoms with Crippen LogP contribution in [0.5, 0.6) is 5.75 Å². The summed E-state index contributed by atoms with van der Waals surface area (Å²) in [5.74, 6) is 0.703. The predicted octanol–water partition coefficient (Wildman–Crippen LogP) is 4.33. The van der Waals surface area contributed by atoms with Gasteiger partial charge in [0.15, 0.2) is 0 Å². The zero-order valence-electron chi connectivity index (χ0n) is 18.7. The number of hydrogen-bond acceptors (Lipinski definition) is 6. The van der Waals surface area contributed by atoms with E-state index >= 15 is 0 Å². The van der Waals surface area contributed by atoms with E-state index < -0.39 is 0 Å². The quantitative estimate of drug-likeness (QED) is 0.700. The lowest BCUT2D eigenvalue weighted by atomic mass is 9.88. The molecule has 1 saturated carbocycles. The van der Waals surface area contributed by atoms with Gasteiger partial charge in [0.05, 0.1) is 10.7 Å². The Morgan fingerprint density at radius 2 is 1.81 bits per heavy atom. The Bertz CT molecular complexity index is 900. The molecule has 2 aromatic rings. The number of rotatable bonds is 6. The predicted molar refractivity (Wildman–Crippen MR) is 126 cm³/mol. The minimum Gasteiger partial charge on any atom is -0.410 e. The van der Waals surface area contributed by atoms with Gasteiger partial charge in [-0.1, -0.05) is 19.3 Å². The summed E-state index contributed by atoms with van der Waals surface area (Å²) in [6, 6.07) is 7.06. The van der Waals surface area contributed by atoms with Crippen molar-refractivity contribution < 1.29 is 14.3 Å². The molecule has 0 atom stereocenters. The monoisotopic (exact) mass is 456 g/mol. The molecule has 4 rings (SSSR count). The number of amides is 2. The molecule has 7 nitrogen and oxygen atoms in total. The molecule has 1 aliphatic heterocycles. The first-order chi connectivity index (χ1) is 15.6. The van der Waals surface area contributed by atoms with Gasteiger partial charge < -0.3 is 15.0 Å². The molecule has 2 aliphatic rings. The van der Waals surface area contributed by atoms with Crippen molar-refractivity contribution >= 4 is 29.0 Å². The standard InChI is InChI=1S/C24H32N4O3S/c1-18-25-21(17-32-18)11-12-27-13-15-28(16-14-27)24(30)31-22-9-7-20(8-10-22)26-23(29)19-5-3-2-4-6-19/h7-10,17,19H,2-6,11-16H2,1H3,(H,26,29). The Morgan fingerprint density at radius 1 is 1.09 bits per heavy atom. The molecule has 1 aliphatic carbocycles. The van der Waals surface area contributed by atoms with E-state index in [2.05, 4.69) is 20.6 Å². The van der Waals surface area contributed by atoms with E-state index in [1.165, 1.54) is 6.42 Å². The van der Waals surface area contributed by atoms with Crippen molar-refractivity contribution in [2.45, 2.75) is 45.4 Å². The lowest BCUT2D eigenvalue weighted by Crippen LogP contribution is -2.49. The number of aryl methyl sites for hydroxylation is 1. The number of thiazole rings is 1. The second-order valence-corrected chi connectivity index (χ2v) is 9.72. The summed E-state index contributed by atoms with van der Waals surface area (Å²) in [6.45, 7) is 5.98. The highest BCUT2D eigenvalue weighted by molar-refractivity contribution is 7.09. The number of hydrogen-bond donors (Lipinski definition) is 1. The molecule has 0 spiro atoms. The first kappa shape index (κ1) is 22.7. The van der Waals surface area contributed by atoms with Crippen LogP contribution >= 0.6 is 11.3 Å². The van der Waals surface area contributed by atoms with Gasteiger partial charge in [-0.05, 0) is 44.0 Å². The van der Waals surface area contributed by atoms with Crippen LogP contribution in [0.15, 0.2) is 29.6 Å². The van der Waals surface area contributed by atoms with Gasteiger partial charge in [-0.3, -0.25) is 9.69 Å². The number of nitrogens with zero attached hydrogens (tertiary/aromatic N) is 3. The van der Waals surface area contributed by atoms with Crippen LogP contribution in [0.3, 0.4) is 0 Å². The van der Waals surface area contributed by atoms with Crippen LogP contribution in [-0.2, 0) is 11.2 Å². The Kier molecular flexibility index (Phi) is 7.76. The van der Waals surface area contributed by atoms with Crippen molar-refractivity contribution in [3.8, 4) is 5.75 Å². The number of ether oxygens (including phenoxy) is 1. The van der Waals surface area contributed by atoms with Crippen molar-refractivity contribution in [1.82, 2.24) is 14.8 Å². The average molecular weight is 457 g/mol. The summed E-state index contributed by atoms with van der Waals surface area (Å²) in [5, 5.41) is 6.21. The molecule has 8 heteroatoms. The van der Waals surface area contributed by atoms with E-state index in [9.17, 15) is 9.59 Å². The van der Waals surface area contributed by atoms with E-state index in [-0.39, 0.29) is 17.9 Å². The lowest BCUT2D eigenvalue weighted by Gasteiger charge is -2.33. The molecule has 2 amide bonds. The van der Waals surface area contributed by atoms with Crippen LogP contribution < -0.4 is 10.1 Å². The van der Waals surface area contributed by atoms with Gasteiger partial charge in [-0.2, -0.15) is 0 Å². The first-order valence-electron chi connectivity index (χ1n) is 11.6. The third kappa shape index (κ3) is 6.29. The molecule has 1 aromatic heterocycles. The molecular weight excluding hydrogens is 424 g/mol. The van der Waals surface area contributed by atoms with E-state index in [0.717, 1.165) is 68.1 Å². The number of nitrogens with one attached hydrogen (secondary N) is 1. The van der Waals surface area contributed by atoms with Crippen LogP contribution in [-0.4, -0.2) is 59.5 Å². The minimum absolute atomic E-state index is 0.0947. The summed E-state index contributed by atoms with van der Waals surface area (Å²) in [5.41, 5.74) is 1.89. The third-order valence-corrected chi connectivity index (χ3v) is 7.11. The van der Waals surface area contributed by atoms with Gasteiger partial charge in [-0.25, -0.2) is 9.78 Å². The van der Waals surface area contributed by atoms with Gasteiger partial charge >= 0.3 is 6.09 Å². The molecule has 1 aromatic carbocycles. The zero-order chi connectivity index (χ0) is 22.3. The average Bonchev–Trinajstić information content (AvgIpc) is 3.25. The fourth-order valence-corrected chi connectivity index (χ4v) is 4.98. The molecule has 2 heterocycles. The second-order valence-electron chi connectivity index (χ2n) is 8.65. The zero-order valence-corrected chi connectivity index (χ0v) is 19.5. The third-order valence-electron chi connectivity index (χ3n) is 6.28. The SMILES string of the molecule is Cc1nc(CCN2CCN(C(=O)Oc3ccc(NC(=O)C4CCCCC4)cc3)CC2)cs1. The fraction of sp³-hybridized carbons (Fsp3) is 0.542. The van der Waals surface area contributed by atoms with Crippen molar-refractivity contribution in [1.29, 1.82) is 0 Å². The first-order valence-corrected chi connectivity index (χ1v) is 12.5. The Balaban J connectivity index is 1.19. The number of aromatic nitrogens is 1. The normalized spacial score (nSPS) is 17.8. The molecular formula is C24H32N4O3S. The molecule has 32 heavy (non-hydrogen) atoms. The van der Waals surface area contributed by atoms with Crippen molar-refractivity contribution in [2.75, 3.05) is 38.0 Å². The number of anilines is 1. The number of piperazine rings is 1. The number of carbonyl (C=O) groups is 2. The van der Waals surface area contributed by atoms with E-state index in [1.807, 2.05) is 6.92 Å². The molecule has 0 radical (unpaired) electrons. The maximum absolute atomic E-state index is 12.5. The van der Waals surface area contributed by atoms with Gasteiger partial charge in [-0.15, -0.1) is 11.3 Å². The van der Waals surface area contributed by atoms with E-state index in [1.54, 1.807) is 40.5 Å². The van der Waals surface area contributed by atoms with Crippen molar-refractivity contribution in [3.63, 3.8) is 0 Å². The van der Waals surface area contributed by atoms with Crippen LogP contribution in [0.4, 0.5) is 10.5 Å². The maximum atomic E-state index is 12.5. The number of carbonyl (C=O) groups excluding carboxylic acids is 2. The largest absolute Gasteiger partial charge is 0.415 e. The topological polar surface area (TPSA) is 74.8 Å². The van der Waals surface area contributed by atoms with Crippen LogP contribution in [0.2, 0.25) is 0 Å². The Hall–Kier alpha value is -2.45. The van der Waals surface area contributed by atoms with Gasteiger partial charge in [0.25, 0.3) is 0 Å². The summed E-state index contributed by atoms with van der Waals surface area (Å²) in [6.07, 6.45) is 6.06. The fourth-order valence-electron chi connectivity index (χ4n) is 4.33. The number of benzene rings is 1. The lowest BCUT2D eigenvalue weighted by molar-refractivity contribution is -0.120. The molecule has 172 valence electrons. The highest BCUT2D eigenvalue weighted by atomic mass is 32.1. The molecule has 1 saturated heterocycles. The van der Waals surface area contributed by atoms with E-state index in [0.29, 0.717) is 18.8 Å². The summed E-state index contributed by atoms with van der Waals surface area (Å²) in [7, 11) is 0. The second kappa shape index (κ2) is 10.9. The minimum atomic E-state index is -0.321. The van der Waals surface area contributed by atoms with Crippen LogP contribution in [0.1, 0.15) is 42.8 Å². The van der Waals surface area contributed by atoms with Crippen LogP contribution in [0, 0.1) is 12.8 Å². The van der Waals surface area contributed by atoms with Crippen molar-refractivity contribution in [2.24, 2.45) is 5.92 Å². The van der Waals surface area contributed by atoms with Gasteiger partial charge in [0.1, 0.15) is 5.75 Å². The van der Waals surface area contributed by atoms with Crippen molar-refractivity contribution in [3.05, 3.63) is 40.3 Å². The highest BCUT2D eigenvalue weighted by Crippen LogP contribution is 2.25. The Labute approximate surface area is 193 Å². The molecule has 1 N–H and O–H groups in total. The molecule has 0 bridgehead atoms. The smallest absolute Gasteiger partial charge is 0.410 e. The Morgan fingerprint density at radius 3 is 2.47 bits per heavy atom. The van der Waals surface area contributed by atoms with E-state index in [4.69, 9.17) is 4.74 Å². The van der Waals surface area contributed by atoms with Crippen LogP contribution in [0.25, 0.3) is 0 Å². The maximum Gasteiger partial charge on any atom is 0.415 e. The summed E-state index contributed by atoms with van der Waals surface area (Å²) < 4.78 is 5.54. The van der Waals surface area contributed by atoms with Gasteiger partial charge in [0, 0.05) is 56.1 Å². The highest BCUT2D eigenvalue weighted by Gasteiger charge is 2.23. The summed E-state index contributed by atoms with van der Waals surface area (Å²) in [4.78, 5) is 33.5.